The van der Waals surface area contributed by atoms with Crippen LogP contribution in [-0.2, 0) is 14.3 Å². The molecule has 0 aliphatic carbocycles. The third kappa shape index (κ3) is 3.50. The van der Waals surface area contributed by atoms with Crippen molar-refractivity contribution < 1.29 is 24.2 Å². The van der Waals surface area contributed by atoms with E-state index in [9.17, 15) is 14.4 Å². The molecule has 0 saturated heterocycles. The highest BCUT2D eigenvalue weighted by molar-refractivity contribution is 6.33. The smallest absolute Gasteiger partial charge is 0.337 e. The quantitative estimate of drug-likeness (QED) is 0.624. The maximum atomic E-state index is 12.4. The lowest BCUT2D eigenvalue weighted by Gasteiger charge is -2.15. The van der Waals surface area contributed by atoms with Gasteiger partial charge in [0.1, 0.15) is 5.70 Å². The summed E-state index contributed by atoms with van der Waals surface area (Å²) in [5.74, 6) is -1.81. The highest BCUT2D eigenvalue weighted by atomic mass is 35.5. The first-order valence-electron chi connectivity index (χ1n) is 6.97. The van der Waals surface area contributed by atoms with E-state index < -0.39 is 17.8 Å². The lowest BCUT2D eigenvalue weighted by atomic mass is 10.1. The zero-order valence-corrected chi connectivity index (χ0v) is 13.6. The van der Waals surface area contributed by atoms with Crippen LogP contribution in [0.2, 0.25) is 5.02 Å². The summed E-state index contributed by atoms with van der Waals surface area (Å²) in [6, 6.07) is 4.28. The number of aliphatic hydroxyl groups is 1. The molecule has 0 aromatic heterocycles. The van der Waals surface area contributed by atoms with Gasteiger partial charge in [0.2, 0.25) is 5.91 Å². The first kappa shape index (κ1) is 17.8. The Kier molecular flexibility index (Phi) is 5.42. The fraction of sp³-hybridized carbons (Fsp3) is 0.267. The van der Waals surface area contributed by atoms with Crippen LogP contribution in [0.4, 0.5) is 5.69 Å². The number of hydrogen-bond acceptors (Lipinski definition) is 6. The Morgan fingerprint density at radius 3 is 2.75 bits per heavy atom. The van der Waals surface area contributed by atoms with Gasteiger partial charge in [-0.15, -0.1) is 0 Å². The number of nitrogens with zero attached hydrogens (tertiary/aromatic N) is 1. The minimum absolute atomic E-state index is 0.00152. The van der Waals surface area contributed by atoms with E-state index in [0.717, 1.165) is 0 Å². The van der Waals surface area contributed by atoms with E-state index in [-0.39, 0.29) is 47.2 Å². The molecule has 0 spiro atoms. The van der Waals surface area contributed by atoms with Crippen molar-refractivity contribution in [3.8, 4) is 0 Å². The normalized spacial score (nSPS) is 14.1. The van der Waals surface area contributed by atoms with Gasteiger partial charge in [-0.05, 0) is 18.2 Å². The largest absolute Gasteiger partial charge is 0.466 e. The molecule has 0 saturated carbocycles. The molecular formula is C15H16ClN3O5. The molecule has 128 valence electrons. The van der Waals surface area contributed by atoms with E-state index in [2.05, 4.69) is 10.1 Å². The molecule has 1 aromatic rings. The average molecular weight is 354 g/mol. The minimum Gasteiger partial charge on any atom is -0.466 e. The van der Waals surface area contributed by atoms with Crippen molar-refractivity contribution in [1.29, 1.82) is 0 Å². The van der Waals surface area contributed by atoms with Crippen LogP contribution in [0, 0.1) is 0 Å². The van der Waals surface area contributed by atoms with Gasteiger partial charge in [0.15, 0.2) is 0 Å². The lowest BCUT2D eigenvalue weighted by molar-refractivity contribution is -0.136. The summed E-state index contributed by atoms with van der Waals surface area (Å²) in [5.41, 5.74) is 5.77. The highest BCUT2D eigenvalue weighted by Gasteiger charge is 2.34. The molecule has 1 aliphatic rings. The SMILES string of the molecule is COC(=O)C1=C(Nc2cc(C(N)=O)ccc2Cl)C(=O)N(CCO)C1. The van der Waals surface area contributed by atoms with E-state index in [4.69, 9.17) is 22.4 Å². The molecule has 0 radical (unpaired) electrons. The Labute approximate surface area is 142 Å². The summed E-state index contributed by atoms with van der Waals surface area (Å²) in [4.78, 5) is 36.9. The van der Waals surface area contributed by atoms with Crippen LogP contribution in [-0.4, -0.2) is 54.6 Å². The van der Waals surface area contributed by atoms with Crippen LogP contribution in [0.25, 0.3) is 0 Å². The summed E-state index contributed by atoms with van der Waals surface area (Å²) < 4.78 is 4.68. The molecule has 0 fully saturated rings. The molecule has 1 aromatic carbocycles. The number of methoxy groups -OCH3 is 1. The molecule has 1 aliphatic heterocycles. The van der Waals surface area contributed by atoms with Crippen molar-refractivity contribution in [1.82, 2.24) is 4.90 Å². The molecule has 0 unspecified atom stereocenters. The first-order chi connectivity index (χ1) is 11.4. The number of hydrogen-bond donors (Lipinski definition) is 3. The molecule has 0 bridgehead atoms. The van der Waals surface area contributed by atoms with Crippen LogP contribution in [0.15, 0.2) is 29.5 Å². The zero-order valence-electron chi connectivity index (χ0n) is 12.8. The topological polar surface area (TPSA) is 122 Å². The van der Waals surface area contributed by atoms with Crippen LogP contribution in [0.1, 0.15) is 10.4 Å². The van der Waals surface area contributed by atoms with Crippen LogP contribution in [0.3, 0.4) is 0 Å². The molecule has 8 nitrogen and oxygen atoms in total. The number of ether oxygens (including phenoxy) is 1. The van der Waals surface area contributed by atoms with Gasteiger partial charge >= 0.3 is 5.97 Å². The van der Waals surface area contributed by atoms with E-state index in [0.29, 0.717) is 0 Å². The number of aliphatic hydroxyl groups excluding tert-OH is 1. The van der Waals surface area contributed by atoms with E-state index >= 15 is 0 Å². The van der Waals surface area contributed by atoms with Crippen molar-refractivity contribution >= 4 is 35.1 Å². The van der Waals surface area contributed by atoms with Crippen LogP contribution < -0.4 is 11.1 Å². The summed E-state index contributed by atoms with van der Waals surface area (Å²) in [6.45, 7) is -0.174. The number of amides is 2. The number of rotatable bonds is 6. The predicted molar refractivity (Wildman–Crippen MR) is 86.3 cm³/mol. The number of anilines is 1. The summed E-state index contributed by atoms with van der Waals surface area (Å²) >= 11 is 6.07. The number of β-amino-alcohol motifs (C(OH)–C–C–N with tert-alkyl or cyclic N) is 1. The molecule has 2 rings (SSSR count). The van der Waals surface area contributed by atoms with Gasteiger partial charge in [0.05, 0.1) is 36.5 Å². The minimum atomic E-state index is -0.673. The highest BCUT2D eigenvalue weighted by Crippen LogP contribution is 2.28. The van der Waals surface area contributed by atoms with E-state index in [1.165, 1.54) is 30.2 Å². The van der Waals surface area contributed by atoms with Crippen molar-refractivity contribution in [2.45, 2.75) is 0 Å². The predicted octanol–water partition coefficient (Wildman–Crippen LogP) is 0.112. The molecule has 4 N–H and O–H groups in total. The molecule has 24 heavy (non-hydrogen) atoms. The van der Waals surface area contributed by atoms with Gasteiger partial charge in [0.25, 0.3) is 5.91 Å². The van der Waals surface area contributed by atoms with Crippen molar-refractivity contribution in [3.63, 3.8) is 0 Å². The fourth-order valence-electron chi connectivity index (χ4n) is 2.26. The van der Waals surface area contributed by atoms with Gasteiger partial charge in [-0.1, -0.05) is 11.6 Å². The number of nitrogens with one attached hydrogen (secondary N) is 1. The second-order valence-electron chi connectivity index (χ2n) is 4.98. The summed E-state index contributed by atoms with van der Waals surface area (Å²) in [6.07, 6.45) is 0. The van der Waals surface area contributed by atoms with Crippen LogP contribution in [0.5, 0.6) is 0 Å². The van der Waals surface area contributed by atoms with Crippen LogP contribution >= 0.6 is 11.6 Å². The Morgan fingerprint density at radius 1 is 1.46 bits per heavy atom. The number of carbonyl (C=O) groups is 3. The Bertz CT molecular complexity index is 732. The van der Waals surface area contributed by atoms with E-state index in [1.54, 1.807) is 0 Å². The van der Waals surface area contributed by atoms with Crippen molar-refractivity contribution in [2.75, 3.05) is 32.1 Å². The maximum absolute atomic E-state index is 12.4. The second-order valence-corrected chi connectivity index (χ2v) is 5.39. The molecule has 0 atom stereocenters. The maximum Gasteiger partial charge on any atom is 0.337 e. The molecular weight excluding hydrogens is 338 g/mol. The average Bonchev–Trinajstić information content (AvgIpc) is 2.85. The fourth-order valence-corrected chi connectivity index (χ4v) is 2.42. The first-order valence-corrected chi connectivity index (χ1v) is 7.34. The Hall–Kier alpha value is -2.58. The summed E-state index contributed by atoms with van der Waals surface area (Å²) in [7, 11) is 1.20. The molecule has 9 heteroatoms. The Morgan fingerprint density at radius 2 is 2.17 bits per heavy atom. The zero-order chi connectivity index (χ0) is 17.9. The third-order valence-electron chi connectivity index (χ3n) is 3.46. The lowest BCUT2D eigenvalue weighted by Crippen LogP contribution is -2.31. The standard InChI is InChI=1S/C15H16ClN3O5/c1-24-15(23)9-7-19(4-5-20)14(22)12(9)18-11-6-8(13(17)21)2-3-10(11)16/h2-3,6,18,20H,4-5,7H2,1H3,(H2,17,21). The Balaban J connectivity index is 2.40. The third-order valence-corrected chi connectivity index (χ3v) is 3.79. The van der Waals surface area contributed by atoms with Gasteiger partial charge < -0.3 is 25.8 Å². The number of benzene rings is 1. The van der Waals surface area contributed by atoms with E-state index in [1.807, 2.05) is 0 Å². The van der Waals surface area contributed by atoms with Gasteiger partial charge in [0, 0.05) is 12.1 Å². The number of halogens is 1. The molecule has 2 amide bonds. The van der Waals surface area contributed by atoms with Gasteiger partial charge in [-0.2, -0.15) is 0 Å². The second kappa shape index (κ2) is 7.33. The number of nitrogens with two attached hydrogens (primary N) is 1. The number of esters is 1. The number of primary amides is 1. The number of carbonyl (C=O) groups excluding carboxylic acids is 3. The molecule has 1 heterocycles. The van der Waals surface area contributed by atoms with Gasteiger partial charge in [-0.25, -0.2) is 4.79 Å². The summed E-state index contributed by atoms with van der Waals surface area (Å²) in [5, 5.41) is 12.0. The van der Waals surface area contributed by atoms with Crippen molar-refractivity contribution in [2.24, 2.45) is 5.73 Å². The van der Waals surface area contributed by atoms with Crippen molar-refractivity contribution in [3.05, 3.63) is 40.1 Å². The van der Waals surface area contributed by atoms with Gasteiger partial charge in [-0.3, -0.25) is 9.59 Å². The monoisotopic (exact) mass is 353 g/mol.